The molecule has 3 nitrogen and oxygen atoms in total. The summed E-state index contributed by atoms with van der Waals surface area (Å²) in [7, 11) is 0. The number of likely N-dealkylation sites (tertiary alicyclic amines) is 1. The van der Waals surface area contributed by atoms with E-state index in [9.17, 15) is 4.79 Å². The van der Waals surface area contributed by atoms with Crippen molar-refractivity contribution in [3.8, 4) is 0 Å². The Balaban J connectivity index is 2.04. The number of fused-ring (bicyclic) bond motifs is 1. The van der Waals surface area contributed by atoms with Gasteiger partial charge in [0.25, 0.3) is 0 Å². The number of nitrogens with zero attached hydrogens (tertiary/aromatic N) is 2. The van der Waals surface area contributed by atoms with Gasteiger partial charge in [0.05, 0.1) is 5.54 Å². The van der Waals surface area contributed by atoms with Crippen LogP contribution in [0.15, 0.2) is 36.7 Å². The molecule has 3 rings (SSSR count). The maximum absolute atomic E-state index is 13.0. The van der Waals surface area contributed by atoms with Crippen LogP contribution in [0.25, 0.3) is 10.8 Å². The van der Waals surface area contributed by atoms with Crippen LogP contribution < -0.4 is 0 Å². The Morgan fingerprint density at radius 1 is 1.15 bits per heavy atom. The van der Waals surface area contributed by atoms with Gasteiger partial charge < -0.3 is 0 Å². The van der Waals surface area contributed by atoms with Gasteiger partial charge in [-0.25, -0.2) is 0 Å². The number of hydrogen-bond donors (Lipinski definition) is 0. The Labute approximate surface area is 119 Å². The van der Waals surface area contributed by atoms with Crippen molar-refractivity contribution >= 4 is 16.6 Å². The molecule has 0 unspecified atom stereocenters. The number of pyridine rings is 1. The van der Waals surface area contributed by atoms with E-state index >= 15 is 0 Å². The molecule has 1 aromatic carbocycles. The quantitative estimate of drug-likeness (QED) is 0.801. The number of ketones is 1. The third-order valence-electron chi connectivity index (χ3n) is 4.37. The summed E-state index contributed by atoms with van der Waals surface area (Å²) in [6.45, 7) is 6.08. The molecular weight excluding hydrogens is 248 g/mol. The Morgan fingerprint density at radius 2 is 1.85 bits per heavy atom. The molecule has 1 fully saturated rings. The van der Waals surface area contributed by atoms with Crippen LogP contribution in [0.1, 0.15) is 37.0 Å². The summed E-state index contributed by atoms with van der Waals surface area (Å²) < 4.78 is 0. The molecule has 0 amide bonds. The van der Waals surface area contributed by atoms with Gasteiger partial charge in [-0.05, 0) is 45.2 Å². The van der Waals surface area contributed by atoms with Crippen LogP contribution >= 0.6 is 0 Å². The molecule has 0 aliphatic carbocycles. The maximum Gasteiger partial charge on any atom is 0.184 e. The number of aromatic nitrogens is 1. The first kappa shape index (κ1) is 13.3. The van der Waals surface area contributed by atoms with Crippen molar-refractivity contribution in [2.75, 3.05) is 13.1 Å². The SMILES string of the molecule is CC(C)(C(=O)c1cncc2ccccc12)N1CCCC1. The summed E-state index contributed by atoms with van der Waals surface area (Å²) in [4.78, 5) is 19.5. The molecule has 2 aromatic rings. The third kappa shape index (κ3) is 2.12. The molecule has 0 atom stereocenters. The summed E-state index contributed by atoms with van der Waals surface area (Å²) >= 11 is 0. The minimum absolute atomic E-state index is 0.170. The molecule has 1 aliphatic rings. The summed E-state index contributed by atoms with van der Waals surface area (Å²) in [5.41, 5.74) is 0.280. The summed E-state index contributed by atoms with van der Waals surface area (Å²) in [5.74, 6) is 0.170. The molecule has 20 heavy (non-hydrogen) atoms. The lowest BCUT2D eigenvalue weighted by atomic mass is 9.90. The van der Waals surface area contributed by atoms with Gasteiger partial charge in [-0.15, -0.1) is 0 Å². The van der Waals surface area contributed by atoms with Crippen molar-refractivity contribution in [2.45, 2.75) is 32.2 Å². The van der Waals surface area contributed by atoms with Crippen molar-refractivity contribution in [3.63, 3.8) is 0 Å². The average molecular weight is 268 g/mol. The van der Waals surface area contributed by atoms with E-state index < -0.39 is 5.54 Å². The first-order chi connectivity index (χ1) is 9.60. The monoisotopic (exact) mass is 268 g/mol. The average Bonchev–Trinajstić information content (AvgIpc) is 3.01. The molecule has 0 radical (unpaired) electrons. The lowest BCUT2D eigenvalue weighted by Gasteiger charge is -2.34. The predicted octanol–water partition coefficient (Wildman–Crippen LogP) is 3.29. The van der Waals surface area contributed by atoms with E-state index in [0.717, 1.165) is 29.4 Å². The number of carbonyl (C=O) groups is 1. The van der Waals surface area contributed by atoms with Crippen molar-refractivity contribution in [1.82, 2.24) is 9.88 Å². The fourth-order valence-corrected chi connectivity index (χ4v) is 3.05. The van der Waals surface area contributed by atoms with Gasteiger partial charge in [0, 0.05) is 23.3 Å². The molecule has 3 heteroatoms. The standard InChI is InChI=1S/C17H20N2O/c1-17(2,19-9-5-6-10-19)16(20)15-12-18-11-13-7-3-4-8-14(13)15/h3-4,7-8,11-12H,5-6,9-10H2,1-2H3. The normalized spacial score (nSPS) is 16.7. The van der Waals surface area contributed by atoms with Crippen LogP contribution in [-0.2, 0) is 0 Å². The predicted molar refractivity (Wildman–Crippen MR) is 81.0 cm³/mol. The second-order valence-corrected chi connectivity index (χ2v) is 5.99. The van der Waals surface area contributed by atoms with E-state index in [4.69, 9.17) is 0 Å². The molecule has 0 spiro atoms. The number of rotatable bonds is 3. The van der Waals surface area contributed by atoms with Crippen molar-refractivity contribution in [3.05, 3.63) is 42.2 Å². The molecule has 0 saturated carbocycles. The van der Waals surface area contributed by atoms with E-state index in [-0.39, 0.29) is 5.78 Å². The van der Waals surface area contributed by atoms with Gasteiger partial charge in [-0.1, -0.05) is 24.3 Å². The van der Waals surface area contributed by atoms with Gasteiger partial charge in [-0.2, -0.15) is 0 Å². The Bertz CT molecular complexity index is 637. The van der Waals surface area contributed by atoms with Crippen LogP contribution in [0.4, 0.5) is 0 Å². The highest BCUT2D eigenvalue weighted by Gasteiger charge is 2.37. The highest BCUT2D eigenvalue weighted by Crippen LogP contribution is 2.27. The highest BCUT2D eigenvalue weighted by molar-refractivity contribution is 6.11. The second-order valence-electron chi connectivity index (χ2n) is 5.99. The number of benzene rings is 1. The number of hydrogen-bond acceptors (Lipinski definition) is 3. The van der Waals surface area contributed by atoms with Gasteiger partial charge in [0.15, 0.2) is 5.78 Å². The van der Waals surface area contributed by atoms with Gasteiger partial charge in [0.2, 0.25) is 0 Å². The Kier molecular flexibility index (Phi) is 3.30. The van der Waals surface area contributed by atoms with Crippen LogP contribution in [0.3, 0.4) is 0 Å². The van der Waals surface area contributed by atoms with E-state index in [1.165, 1.54) is 12.8 Å². The molecule has 0 N–H and O–H groups in total. The topological polar surface area (TPSA) is 33.2 Å². The molecule has 2 heterocycles. The summed E-state index contributed by atoms with van der Waals surface area (Å²) in [6, 6.07) is 7.96. The molecule has 104 valence electrons. The third-order valence-corrected chi connectivity index (χ3v) is 4.37. The van der Waals surface area contributed by atoms with E-state index in [1.54, 1.807) is 6.20 Å². The van der Waals surface area contributed by atoms with Gasteiger partial charge in [0.1, 0.15) is 0 Å². The van der Waals surface area contributed by atoms with Crippen LogP contribution in [-0.4, -0.2) is 34.3 Å². The largest absolute Gasteiger partial charge is 0.292 e. The van der Waals surface area contributed by atoms with Crippen molar-refractivity contribution in [1.29, 1.82) is 0 Å². The lowest BCUT2D eigenvalue weighted by molar-refractivity contribution is 0.0704. The number of carbonyl (C=O) groups excluding carboxylic acids is 1. The van der Waals surface area contributed by atoms with Crippen LogP contribution in [0, 0.1) is 0 Å². The number of Topliss-reactive ketones (excluding diaryl/α,β-unsaturated/α-hetero) is 1. The zero-order valence-electron chi connectivity index (χ0n) is 12.1. The van der Waals surface area contributed by atoms with Crippen molar-refractivity contribution < 1.29 is 4.79 Å². The summed E-state index contributed by atoms with van der Waals surface area (Å²) in [6.07, 6.45) is 5.90. The molecule has 0 bridgehead atoms. The van der Waals surface area contributed by atoms with Crippen molar-refractivity contribution in [2.24, 2.45) is 0 Å². The molecule has 1 aromatic heterocycles. The van der Waals surface area contributed by atoms with Crippen LogP contribution in [0.5, 0.6) is 0 Å². The van der Waals surface area contributed by atoms with Gasteiger partial charge >= 0.3 is 0 Å². The fraction of sp³-hybridized carbons (Fsp3) is 0.412. The fourth-order valence-electron chi connectivity index (χ4n) is 3.05. The molecular formula is C17H20N2O. The minimum atomic E-state index is -0.456. The second kappa shape index (κ2) is 4.98. The van der Waals surface area contributed by atoms with Crippen LogP contribution in [0.2, 0.25) is 0 Å². The smallest absolute Gasteiger partial charge is 0.184 e. The van der Waals surface area contributed by atoms with E-state index in [1.807, 2.05) is 44.3 Å². The first-order valence-corrected chi connectivity index (χ1v) is 7.23. The lowest BCUT2D eigenvalue weighted by Crippen LogP contribution is -2.48. The zero-order valence-corrected chi connectivity index (χ0v) is 12.1. The highest BCUT2D eigenvalue weighted by atomic mass is 16.1. The molecule has 1 saturated heterocycles. The first-order valence-electron chi connectivity index (χ1n) is 7.23. The van der Waals surface area contributed by atoms with E-state index in [2.05, 4.69) is 9.88 Å². The zero-order chi connectivity index (χ0) is 14.2. The Morgan fingerprint density at radius 3 is 2.60 bits per heavy atom. The molecule has 1 aliphatic heterocycles. The van der Waals surface area contributed by atoms with Gasteiger partial charge in [-0.3, -0.25) is 14.7 Å². The minimum Gasteiger partial charge on any atom is -0.292 e. The van der Waals surface area contributed by atoms with E-state index in [0.29, 0.717) is 0 Å². The Hall–Kier alpha value is -1.74. The summed E-state index contributed by atoms with van der Waals surface area (Å²) in [5, 5.41) is 2.02. The maximum atomic E-state index is 13.0.